The van der Waals surface area contributed by atoms with Gasteiger partial charge in [-0.3, -0.25) is 4.79 Å². The van der Waals surface area contributed by atoms with E-state index in [1.165, 1.54) is 5.56 Å². The number of primary amides is 1. The minimum absolute atomic E-state index is 0.102. The zero-order chi connectivity index (χ0) is 15.2. The summed E-state index contributed by atoms with van der Waals surface area (Å²) in [5.74, 6) is 0.154. The molecule has 5 heteroatoms. The minimum Gasteiger partial charge on any atom is -0.484 e. The van der Waals surface area contributed by atoms with Gasteiger partial charge in [-0.1, -0.05) is 28.1 Å². The maximum atomic E-state index is 10.6. The molecule has 0 saturated carbocycles. The number of benzene rings is 2. The Balaban J connectivity index is 1.92. The fourth-order valence-electron chi connectivity index (χ4n) is 1.90. The van der Waals surface area contributed by atoms with Crippen molar-refractivity contribution in [1.29, 1.82) is 0 Å². The number of nitrogens with one attached hydrogen (secondary N) is 1. The van der Waals surface area contributed by atoms with Crippen LogP contribution in [-0.4, -0.2) is 12.5 Å². The summed E-state index contributed by atoms with van der Waals surface area (Å²) in [4.78, 5) is 10.6. The van der Waals surface area contributed by atoms with Crippen molar-refractivity contribution in [3.8, 4) is 5.75 Å². The van der Waals surface area contributed by atoms with Gasteiger partial charge in [-0.05, 0) is 48.4 Å². The van der Waals surface area contributed by atoms with E-state index in [4.69, 9.17) is 10.5 Å². The molecule has 2 aromatic rings. The van der Waals surface area contributed by atoms with Gasteiger partial charge in [0, 0.05) is 16.7 Å². The Kier molecular flexibility index (Phi) is 5.22. The van der Waals surface area contributed by atoms with E-state index in [0.717, 1.165) is 15.7 Å². The molecule has 4 nitrogen and oxygen atoms in total. The Hall–Kier alpha value is -2.01. The Labute approximate surface area is 132 Å². The second kappa shape index (κ2) is 7.13. The first-order chi connectivity index (χ1) is 10.0. The van der Waals surface area contributed by atoms with E-state index < -0.39 is 5.91 Å². The van der Waals surface area contributed by atoms with Crippen LogP contribution in [0.5, 0.6) is 5.75 Å². The van der Waals surface area contributed by atoms with E-state index in [9.17, 15) is 4.79 Å². The molecule has 0 fully saturated rings. The predicted octanol–water partition coefficient (Wildman–Crippen LogP) is 3.23. The number of amides is 1. The molecule has 0 bridgehead atoms. The molecule has 0 aliphatic heterocycles. The second-order valence-electron chi connectivity index (χ2n) is 4.77. The lowest BCUT2D eigenvalue weighted by Gasteiger charge is -2.09. The normalized spacial score (nSPS) is 10.2. The van der Waals surface area contributed by atoms with Crippen LogP contribution in [-0.2, 0) is 11.3 Å². The van der Waals surface area contributed by atoms with Gasteiger partial charge in [-0.25, -0.2) is 0 Å². The number of carbonyl (C=O) groups is 1. The molecule has 0 radical (unpaired) electrons. The van der Waals surface area contributed by atoms with Crippen LogP contribution in [0.25, 0.3) is 0 Å². The molecule has 0 atom stereocenters. The second-order valence-corrected chi connectivity index (χ2v) is 5.69. The Morgan fingerprint density at radius 2 is 1.95 bits per heavy atom. The number of hydrogen-bond acceptors (Lipinski definition) is 3. The van der Waals surface area contributed by atoms with Crippen molar-refractivity contribution < 1.29 is 9.53 Å². The highest BCUT2D eigenvalue weighted by Gasteiger charge is 2.00. The molecule has 2 rings (SSSR count). The number of anilines is 1. The number of rotatable bonds is 6. The van der Waals surface area contributed by atoms with E-state index >= 15 is 0 Å². The van der Waals surface area contributed by atoms with E-state index in [1.807, 2.05) is 30.3 Å². The van der Waals surface area contributed by atoms with Gasteiger partial charge in [-0.2, -0.15) is 0 Å². The maximum Gasteiger partial charge on any atom is 0.255 e. The summed E-state index contributed by atoms with van der Waals surface area (Å²) in [7, 11) is 0. The first-order valence-corrected chi connectivity index (χ1v) is 7.33. The lowest BCUT2D eigenvalue weighted by atomic mass is 10.2. The first-order valence-electron chi connectivity index (χ1n) is 6.54. The average Bonchev–Trinajstić information content (AvgIpc) is 2.43. The summed E-state index contributed by atoms with van der Waals surface area (Å²) >= 11 is 3.48. The van der Waals surface area contributed by atoms with Crippen LogP contribution in [0.4, 0.5) is 5.69 Å². The molecule has 0 heterocycles. The van der Waals surface area contributed by atoms with Crippen LogP contribution < -0.4 is 15.8 Å². The number of halogens is 1. The van der Waals surface area contributed by atoms with Crippen molar-refractivity contribution in [2.75, 3.05) is 11.9 Å². The van der Waals surface area contributed by atoms with Crippen LogP contribution in [0.2, 0.25) is 0 Å². The van der Waals surface area contributed by atoms with E-state index in [-0.39, 0.29) is 6.61 Å². The third-order valence-corrected chi connectivity index (χ3v) is 3.30. The van der Waals surface area contributed by atoms with Crippen LogP contribution in [0.1, 0.15) is 11.1 Å². The van der Waals surface area contributed by atoms with Crippen molar-refractivity contribution in [2.24, 2.45) is 5.73 Å². The number of ether oxygens (including phenoxy) is 1. The fraction of sp³-hybridized carbons (Fsp3) is 0.188. The highest BCUT2D eigenvalue weighted by Crippen LogP contribution is 2.20. The first kappa shape index (κ1) is 15.4. The van der Waals surface area contributed by atoms with Crippen molar-refractivity contribution in [3.05, 3.63) is 58.1 Å². The standard InChI is InChI=1S/C16H17BrN2O2/c1-11-6-13(17)8-14(7-11)19-9-12-2-4-15(5-3-12)21-10-16(18)20/h2-8,19H,9-10H2,1H3,(H2,18,20). The molecule has 2 aromatic carbocycles. The summed E-state index contributed by atoms with van der Waals surface area (Å²) in [6.07, 6.45) is 0. The maximum absolute atomic E-state index is 10.6. The van der Waals surface area contributed by atoms with Gasteiger partial charge in [0.1, 0.15) is 5.75 Å². The van der Waals surface area contributed by atoms with Gasteiger partial charge >= 0.3 is 0 Å². The van der Waals surface area contributed by atoms with E-state index in [2.05, 4.69) is 40.3 Å². The number of nitrogens with two attached hydrogens (primary N) is 1. The highest BCUT2D eigenvalue weighted by molar-refractivity contribution is 9.10. The number of hydrogen-bond donors (Lipinski definition) is 2. The van der Waals surface area contributed by atoms with E-state index in [1.54, 1.807) is 0 Å². The molecule has 0 unspecified atom stereocenters. The van der Waals surface area contributed by atoms with Crippen molar-refractivity contribution in [3.63, 3.8) is 0 Å². The van der Waals surface area contributed by atoms with Crippen LogP contribution in [0.3, 0.4) is 0 Å². The molecule has 3 N–H and O–H groups in total. The van der Waals surface area contributed by atoms with Crippen molar-refractivity contribution in [1.82, 2.24) is 0 Å². The average molecular weight is 349 g/mol. The quantitative estimate of drug-likeness (QED) is 0.842. The highest BCUT2D eigenvalue weighted by atomic mass is 79.9. The monoisotopic (exact) mass is 348 g/mol. The minimum atomic E-state index is -0.481. The summed E-state index contributed by atoms with van der Waals surface area (Å²) in [5, 5.41) is 3.37. The summed E-state index contributed by atoms with van der Waals surface area (Å²) < 4.78 is 6.27. The zero-order valence-corrected chi connectivity index (χ0v) is 13.3. The van der Waals surface area contributed by atoms with Crippen molar-refractivity contribution in [2.45, 2.75) is 13.5 Å². The Morgan fingerprint density at radius 1 is 1.24 bits per heavy atom. The van der Waals surface area contributed by atoms with Gasteiger partial charge in [0.25, 0.3) is 5.91 Å². The fourth-order valence-corrected chi connectivity index (χ4v) is 2.51. The van der Waals surface area contributed by atoms with Crippen LogP contribution in [0, 0.1) is 6.92 Å². The van der Waals surface area contributed by atoms with Crippen LogP contribution in [0.15, 0.2) is 46.9 Å². The number of aryl methyl sites for hydroxylation is 1. The molecule has 0 saturated heterocycles. The summed E-state index contributed by atoms with van der Waals surface area (Å²) in [6.45, 7) is 2.67. The molecular formula is C16H17BrN2O2. The molecule has 21 heavy (non-hydrogen) atoms. The molecular weight excluding hydrogens is 332 g/mol. The lowest BCUT2D eigenvalue weighted by Crippen LogP contribution is -2.19. The molecule has 0 aromatic heterocycles. The lowest BCUT2D eigenvalue weighted by molar-refractivity contribution is -0.119. The summed E-state index contributed by atoms with van der Waals surface area (Å²) in [5.41, 5.74) is 8.42. The molecule has 0 aliphatic carbocycles. The molecule has 0 aliphatic rings. The van der Waals surface area contributed by atoms with Gasteiger partial charge in [0.2, 0.25) is 0 Å². The van der Waals surface area contributed by atoms with Gasteiger partial charge in [0.05, 0.1) is 0 Å². The number of carbonyl (C=O) groups excluding carboxylic acids is 1. The molecule has 110 valence electrons. The van der Waals surface area contributed by atoms with Gasteiger partial charge in [0.15, 0.2) is 6.61 Å². The van der Waals surface area contributed by atoms with Gasteiger partial charge < -0.3 is 15.8 Å². The topological polar surface area (TPSA) is 64.3 Å². The van der Waals surface area contributed by atoms with Crippen molar-refractivity contribution >= 4 is 27.5 Å². The molecule has 1 amide bonds. The van der Waals surface area contributed by atoms with Crippen LogP contribution >= 0.6 is 15.9 Å². The molecule has 0 spiro atoms. The Morgan fingerprint density at radius 3 is 2.57 bits per heavy atom. The smallest absolute Gasteiger partial charge is 0.255 e. The largest absolute Gasteiger partial charge is 0.484 e. The van der Waals surface area contributed by atoms with Gasteiger partial charge in [-0.15, -0.1) is 0 Å². The third kappa shape index (κ3) is 5.11. The third-order valence-electron chi connectivity index (χ3n) is 2.84. The zero-order valence-electron chi connectivity index (χ0n) is 11.7. The Bertz CT molecular complexity index is 606. The SMILES string of the molecule is Cc1cc(Br)cc(NCc2ccc(OCC(N)=O)cc2)c1. The predicted molar refractivity (Wildman–Crippen MR) is 87.3 cm³/mol. The summed E-state index contributed by atoms with van der Waals surface area (Å²) in [6, 6.07) is 13.8. The van der Waals surface area contributed by atoms with E-state index in [0.29, 0.717) is 12.3 Å².